The molecule has 2 aromatic rings. The van der Waals surface area contributed by atoms with Crippen molar-refractivity contribution in [1.29, 1.82) is 0 Å². The van der Waals surface area contributed by atoms with Crippen molar-refractivity contribution < 1.29 is 8.81 Å². The van der Waals surface area contributed by atoms with Crippen LogP contribution in [0, 0.1) is 5.82 Å². The standard InChI is InChI=1S/C17H20FNO/c1-3-10-19-12-13(2)11-16-8-9-17(20-16)14-4-6-15(18)7-5-14/h4-9,11,19H,3,10,12H2,1-2H3. The van der Waals surface area contributed by atoms with Crippen molar-refractivity contribution in [3.8, 4) is 11.3 Å². The molecule has 0 spiro atoms. The molecule has 1 heterocycles. The summed E-state index contributed by atoms with van der Waals surface area (Å²) in [5.74, 6) is 1.34. The van der Waals surface area contributed by atoms with E-state index < -0.39 is 0 Å². The van der Waals surface area contributed by atoms with Crippen LogP contribution in [0.2, 0.25) is 0 Å². The van der Waals surface area contributed by atoms with Crippen LogP contribution in [0.15, 0.2) is 46.4 Å². The maximum Gasteiger partial charge on any atom is 0.134 e. The van der Waals surface area contributed by atoms with Crippen LogP contribution >= 0.6 is 0 Å². The summed E-state index contributed by atoms with van der Waals surface area (Å²) >= 11 is 0. The summed E-state index contributed by atoms with van der Waals surface area (Å²) in [7, 11) is 0. The highest BCUT2D eigenvalue weighted by Gasteiger charge is 2.03. The van der Waals surface area contributed by atoms with Gasteiger partial charge in [0, 0.05) is 12.1 Å². The second-order valence-electron chi connectivity index (χ2n) is 4.88. The smallest absolute Gasteiger partial charge is 0.134 e. The molecule has 0 radical (unpaired) electrons. The van der Waals surface area contributed by atoms with Crippen LogP contribution in [0.3, 0.4) is 0 Å². The van der Waals surface area contributed by atoms with Gasteiger partial charge in [-0.2, -0.15) is 0 Å². The van der Waals surface area contributed by atoms with E-state index >= 15 is 0 Å². The van der Waals surface area contributed by atoms with E-state index in [0.29, 0.717) is 0 Å². The summed E-state index contributed by atoms with van der Waals surface area (Å²) in [6.07, 6.45) is 3.15. The fourth-order valence-electron chi connectivity index (χ4n) is 1.96. The van der Waals surface area contributed by atoms with Crippen molar-refractivity contribution in [1.82, 2.24) is 5.32 Å². The summed E-state index contributed by atoms with van der Waals surface area (Å²) in [5.41, 5.74) is 2.10. The Morgan fingerprint density at radius 3 is 2.65 bits per heavy atom. The van der Waals surface area contributed by atoms with Crippen molar-refractivity contribution in [3.63, 3.8) is 0 Å². The third kappa shape index (κ3) is 4.07. The zero-order valence-corrected chi connectivity index (χ0v) is 11.9. The quantitative estimate of drug-likeness (QED) is 0.784. The normalized spacial score (nSPS) is 11.8. The highest BCUT2D eigenvalue weighted by atomic mass is 19.1. The molecule has 2 nitrogen and oxygen atoms in total. The number of furan rings is 1. The molecule has 0 atom stereocenters. The van der Waals surface area contributed by atoms with Gasteiger partial charge in [0.25, 0.3) is 0 Å². The summed E-state index contributed by atoms with van der Waals surface area (Å²) < 4.78 is 18.6. The molecular formula is C17H20FNO. The topological polar surface area (TPSA) is 25.2 Å². The molecular weight excluding hydrogens is 253 g/mol. The van der Waals surface area contributed by atoms with Crippen molar-refractivity contribution in [2.75, 3.05) is 13.1 Å². The predicted octanol–water partition coefficient (Wildman–Crippen LogP) is 4.49. The number of nitrogens with one attached hydrogen (secondary N) is 1. The molecule has 0 fully saturated rings. The van der Waals surface area contributed by atoms with Gasteiger partial charge in [-0.05, 0) is 62.4 Å². The highest BCUT2D eigenvalue weighted by molar-refractivity contribution is 5.60. The summed E-state index contributed by atoms with van der Waals surface area (Å²) in [5, 5.41) is 3.35. The Kier molecular flexibility index (Phi) is 5.13. The lowest BCUT2D eigenvalue weighted by atomic mass is 10.2. The second-order valence-corrected chi connectivity index (χ2v) is 4.88. The van der Waals surface area contributed by atoms with E-state index in [0.717, 1.165) is 36.6 Å². The lowest BCUT2D eigenvalue weighted by Gasteiger charge is -2.02. The van der Waals surface area contributed by atoms with E-state index in [-0.39, 0.29) is 5.82 Å². The van der Waals surface area contributed by atoms with Crippen molar-refractivity contribution in [2.24, 2.45) is 0 Å². The third-order valence-electron chi connectivity index (χ3n) is 2.97. The maximum absolute atomic E-state index is 12.9. The molecule has 0 aliphatic heterocycles. The van der Waals surface area contributed by atoms with Gasteiger partial charge in [-0.3, -0.25) is 0 Å². The Labute approximate surface area is 119 Å². The van der Waals surface area contributed by atoms with E-state index in [9.17, 15) is 4.39 Å². The van der Waals surface area contributed by atoms with E-state index in [4.69, 9.17) is 4.42 Å². The molecule has 2 rings (SSSR count). The molecule has 0 unspecified atom stereocenters. The van der Waals surface area contributed by atoms with E-state index in [1.54, 1.807) is 12.1 Å². The van der Waals surface area contributed by atoms with Crippen LogP contribution in [-0.2, 0) is 0 Å². The Hall–Kier alpha value is -1.87. The van der Waals surface area contributed by atoms with E-state index in [1.807, 2.05) is 18.2 Å². The molecule has 0 amide bonds. The zero-order valence-electron chi connectivity index (χ0n) is 11.9. The summed E-state index contributed by atoms with van der Waals surface area (Å²) in [6, 6.07) is 10.2. The van der Waals surface area contributed by atoms with Crippen LogP contribution in [0.1, 0.15) is 26.0 Å². The Morgan fingerprint density at radius 2 is 1.95 bits per heavy atom. The minimum absolute atomic E-state index is 0.238. The van der Waals surface area contributed by atoms with Gasteiger partial charge in [0.2, 0.25) is 0 Å². The van der Waals surface area contributed by atoms with Crippen molar-refractivity contribution in [2.45, 2.75) is 20.3 Å². The average molecular weight is 273 g/mol. The molecule has 0 saturated carbocycles. The molecule has 0 aliphatic carbocycles. The monoisotopic (exact) mass is 273 g/mol. The van der Waals surface area contributed by atoms with Crippen molar-refractivity contribution in [3.05, 3.63) is 53.5 Å². The number of hydrogen-bond donors (Lipinski definition) is 1. The number of rotatable bonds is 6. The van der Waals surface area contributed by atoms with Gasteiger partial charge in [0.1, 0.15) is 17.3 Å². The van der Waals surface area contributed by atoms with Crippen LogP contribution < -0.4 is 5.32 Å². The molecule has 106 valence electrons. The van der Waals surface area contributed by atoms with Crippen LogP contribution in [0.4, 0.5) is 4.39 Å². The van der Waals surface area contributed by atoms with Gasteiger partial charge >= 0.3 is 0 Å². The second kappa shape index (κ2) is 7.06. The molecule has 1 aromatic carbocycles. The molecule has 0 bridgehead atoms. The number of hydrogen-bond acceptors (Lipinski definition) is 2. The van der Waals surface area contributed by atoms with Crippen molar-refractivity contribution >= 4 is 6.08 Å². The van der Waals surface area contributed by atoms with Gasteiger partial charge in [-0.1, -0.05) is 12.5 Å². The first kappa shape index (κ1) is 14.5. The molecule has 1 aromatic heterocycles. The molecule has 1 N–H and O–H groups in total. The number of halogens is 1. The molecule has 3 heteroatoms. The van der Waals surface area contributed by atoms with Gasteiger partial charge < -0.3 is 9.73 Å². The van der Waals surface area contributed by atoms with E-state index in [2.05, 4.69) is 19.2 Å². The third-order valence-corrected chi connectivity index (χ3v) is 2.97. The Morgan fingerprint density at radius 1 is 1.20 bits per heavy atom. The SMILES string of the molecule is CCCNCC(C)=Cc1ccc(-c2ccc(F)cc2)o1. The lowest BCUT2D eigenvalue weighted by Crippen LogP contribution is -2.16. The Bertz CT molecular complexity index is 569. The van der Waals surface area contributed by atoms with Crippen LogP contribution in [-0.4, -0.2) is 13.1 Å². The first-order valence-corrected chi connectivity index (χ1v) is 6.92. The van der Waals surface area contributed by atoms with Crippen LogP contribution in [0.25, 0.3) is 17.4 Å². The number of benzene rings is 1. The molecule has 0 saturated heterocycles. The molecule has 0 aliphatic rings. The minimum atomic E-state index is -0.238. The fourth-order valence-corrected chi connectivity index (χ4v) is 1.96. The lowest BCUT2D eigenvalue weighted by molar-refractivity contribution is 0.570. The maximum atomic E-state index is 12.9. The average Bonchev–Trinajstić information content (AvgIpc) is 2.88. The van der Waals surface area contributed by atoms with Gasteiger partial charge in [0.05, 0.1) is 0 Å². The van der Waals surface area contributed by atoms with Gasteiger partial charge in [-0.15, -0.1) is 0 Å². The van der Waals surface area contributed by atoms with E-state index in [1.165, 1.54) is 17.7 Å². The summed E-state index contributed by atoms with van der Waals surface area (Å²) in [4.78, 5) is 0. The van der Waals surface area contributed by atoms with Gasteiger partial charge in [-0.25, -0.2) is 4.39 Å². The highest BCUT2D eigenvalue weighted by Crippen LogP contribution is 2.23. The first-order valence-electron chi connectivity index (χ1n) is 6.92. The molecule has 20 heavy (non-hydrogen) atoms. The Balaban J connectivity index is 2.05. The minimum Gasteiger partial charge on any atom is -0.457 e. The first-order chi connectivity index (χ1) is 9.69. The van der Waals surface area contributed by atoms with Gasteiger partial charge in [0.15, 0.2) is 0 Å². The summed E-state index contributed by atoms with van der Waals surface area (Å²) in [6.45, 7) is 6.10. The van der Waals surface area contributed by atoms with Crippen LogP contribution in [0.5, 0.6) is 0 Å². The predicted molar refractivity (Wildman–Crippen MR) is 80.9 cm³/mol. The fraction of sp³-hybridized carbons (Fsp3) is 0.294. The zero-order chi connectivity index (χ0) is 14.4. The largest absolute Gasteiger partial charge is 0.457 e.